The molecular weight excluding hydrogens is 255 g/mol. The van der Waals surface area contributed by atoms with Crippen LogP contribution >= 0.6 is 0 Å². The van der Waals surface area contributed by atoms with Crippen molar-refractivity contribution in [3.05, 3.63) is 48.0 Å². The number of halogens is 1. The molecule has 1 aliphatic carbocycles. The van der Waals surface area contributed by atoms with Crippen molar-refractivity contribution in [2.75, 3.05) is 0 Å². The number of nitrogens with zero attached hydrogens (tertiary/aromatic N) is 2. The highest BCUT2D eigenvalue weighted by Gasteiger charge is 2.16. The van der Waals surface area contributed by atoms with E-state index >= 15 is 0 Å². The normalized spacial score (nSPS) is 16.2. The number of rotatable bonds is 4. The Bertz CT molecular complexity index is 561. The third-order valence-corrected chi connectivity index (χ3v) is 3.88. The summed E-state index contributed by atoms with van der Waals surface area (Å²) in [5.41, 5.74) is 0.568. The molecule has 0 radical (unpaired) electrons. The molecule has 3 rings (SSSR count). The number of benzene rings is 1. The molecule has 4 heteroatoms. The average molecular weight is 274 g/mol. The van der Waals surface area contributed by atoms with Gasteiger partial charge in [0.2, 0.25) is 0 Å². The number of ether oxygens (including phenoxy) is 1. The van der Waals surface area contributed by atoms with Crippen molar-refractivity contribution >= 4 is 0 Å². The van der Waals surface area contributed by atoms with Crippen molar-refractivity contribution in [2.24, 2.45) is 0 Å². The lowest BCUT2D eigenvalue weighted by Gasteiger charge is -2.21. The SMILES string of the molecule is Fc1ccccc1COc1cnn(C2CCCCC2)c1. The molecule has 0 N–H and O–H groups in total. The van der Waals surface area contributed by atoms with Gasteiger partial charge in [-0.3, -0.25) is 4.68 Å². The minimum Gasteiger partial charge on any atom is -0.486 e. The summed E-state index contributed by atoms with van der Waals surface area (Å²) in [5.74, 6) is 0.478. The van der Waals surface area contributed by atoms with Gasteiger partial charge in [-0.25, -0.2) is 4.39 Å². The van der Waals surface area contributed by atoms with Crippen LogP contribution in [0.5, 0.6) is 5.75 Å². The molecule has 1 saturated carbocycles. The molecule has 106 valence electrons. The van der Waals surface area contributed by atoms with Crippen LogP contribution in [0.15, 0.2) is 36.7 Å². The van der Waals surface area contributed by atoms with Crippen LogP contribution in [-0.4, -0.2) is 9.78 Å². The summed E-state index contributed by atoms with van der Waals surface area (Å²) in [7, 11) is 0. The van der Waals surface area contributed by atoms with Crippen LogP contribution in [0.1, 0.15) is 43.7 Å². The third-order valence-electron chi connectivity index (χ3n) is 3.88. The van der Waals surface area contributed by atoms with E-state index in [4.69, 9.17) is 4.74 Å². The highest BCUT2D eigenvalue weighted by Crippen LogP contribution is 2.28. The fourth-order valence-electron chi connectivity index (χ4n) is 2.72. The van der Waals surface area contributed by atoms with Crippen molar-refractivity contribution in [1.82, 2.24) is 9.78 Å². The first-order valence-electron chi connectivity index (χ1n) is 7.23. The molecule has 1 aromatic heterocycles. The number of aromatic nitrogens is 2. The van der Waals surface area contributed by atoms with Crippen LogP contribution in [0, 0.1) is 5.82 Å². The first kappa shape index (κ1) is 13.2. The summed E-state index contributed by atoms with van der Waals surface area (Å²) in [5, 5.41) is 4.37. The number of hydrogen-bond acceptors (Lipinski definition) is 2. The van der Waals surface area contributed by atoms with E-state index in [2.05, 4.69) is 5.10 Å². The second kappa shape index (κ2) is 6.07. The van der Waals surface area contributed by atoms with Gasteiger partial charge in [-0.2, -0.15) is 5.10 Å². The van der Waals surface area contributed by atoms with Gasteiger partial charge in [0, 0.05) is 5.56 Å². The van der Waals surface area contributed by atoms with E-state index in [1.807, 2.05) is 16.9 Å². The van der Waals surface area contributed by atoms with Gasteiger partial charge in [-0.1, -0.05) is 37.5 Å². The van der Waals surface area contributed by atoms with Gasteiger partial charge >= 0.3 is 0 Å². The van der Waals surface area contributed by atoms with Gasteiger partial charge in [0.25, 0.3) is 0 Å². The Hall–Kier alpha value is -1.84. The van der Waals surface area contributed by atoms with Crippen LogP contribution in [0.25, 0.3) is 0 Å². The quantitative estimate of drug-likeness (QED) is 0.839. The molecule has 1 aliphatic rings. The molecule has 2 aromatic rings. The van der Waals surface area contributed by atoms with E-state index in [1.165, 1.54) is 38.2 Å². The Labute approximate surface area is 118 Å². The van der Waals surface area contributed by atoms with Gasteiger partial charge < -0.3 is 4.74 Å². The number of hydrogen-bond donors (Lipinski definition) is 0. The molecule has 0 saturated heterocycles. The fourth-order valence-corrected chi connectivity index (χ4v) is 2.72. The van der Waals surface area contributed by atoms with Crippen molar-refractivity contribution < 1.29 is 9.13 Å². The van der Waals surface area contributed by atoms with Crippen molar-refractivity contribution in [3.63, 3.8) is 0 Å². The molecule has 0 aliphatic heterocycles. The maximum absolute atomic E-state index is 13.5. The van der Waals surface area contributed by atoms with E-state index in [1.54, 1.807) is 18.3 Å². The molecule has 0 bridgehead atoms. The second-order valence-corrected chi connectivity index (χ2v) is 5.33. The van der Waals surface area contributed by atoms with Gasteiger partial charge in [-0.05, 0) is 18.9 Å². The highest BCUT2D eigenvalue weighted by molar-refractivity contribution is 5.18. The van der Waals surface area contributed by atoms with E-state index in [-0.39, 0.29) is 12.4 Å². The van der Waals surface area contributed by atoms with Crippen molar-refractivity contribution in [2.45, 2.75) is 44.8 Å². The van der Waals surface area contributed by atoms with Gasteiger partial charge in [-0.15, -0.1) is 0 Å². The van der Waals surface area contributed by atoms with Gasteiger partial charge in [0.05, 0.1) is 18.4 Å². The van der Waals surface area contributed by atoms with Crippen LogP contribution in [-0.2, 0) is 6.61 Å². The van der Waals surface area contributed by atoms with Crippen LogP contribution in [0.3, 0.4) is 0 Å². The monoisotopic (exact) mass is 274 g/mol. The molecule has 1 heterocycles. The summed E-state index contributed by atoms with van der Waals surface area (Å²) in [6.07, 6.45) is 9.90. The molecule has 0 amide bonds. The van der Waals surface area contributed by atoms with Crippen LogP contribution < -0.4 is 4.74 Å². The second-order valence-electron chi connectivity index (χ2n) is 5.33. The maximum Gasteiger partial charge on any atom is 0.157 e. The largest absolute Gasteiger partial charge is 0.486 e. The topological polar surface area (TPSA) is 27.1 Å². The highest BCUT2D eigenvalue weighted by atomic mass is 19.1. The Morgan fingerprint density at radius 3 is 2.80 bits per heavy atom. The first-order valence-corrected chi connectivity index (χ1v) is 7.23. The Morgan fingerprint density at radius 2 is 2.00 bits per heavy atom. The molecule has 20 heavy (non-hydrogen) atoms. The Kier molecular flexibility index (Phi) is 4.00. The zero-order chi connectivity index (χ0) is 13.8. The molecule has 1 aromatic carbocycles. The molecular formula is C16H19FN2O. The zero-order valence-electron chi connectivity index (χ0n) is 11.5. The predicted molar refractivity (Wildman–Crippen MR) is 75.1 cm³/mol. The lowest BCUT2D eigenvalue weighted by molar-refractivity contribution is 0.296. The Balaban J connectivity index is 1.61. The first-order chi connectivity index (χ1) is 9.83. The minimum absolute atomic E-state index is 0.229. The standard InChI is InChI=1S/C16H19FN2O/c17-16-9-5-4-6-13(16)12-20-15-10-18-19(11-15)14-7-2-1-3-8-14/h4-6,9-11,14H,1-3,7-8,12H2. The van der Waals surface area contributed by atoms with Crippen molar-refractivity contribution in [3.8, 4) is 5.75 Å². The maximum atomic E-state index is 13.5. The van der Waals surface area contributed by atoms with E-state index in [9.17, 15) is 4.39 Å². The van der Waals surface area contributed by atoms with Crippen LogP contribution in [0.2, 0.25) is 0 Å². The summed E-state index contributed by atoms with van der Waals surface area (Å²) < 4.78 is 21.1. The molecule has 0 unspecified atom stereocenters. The minimum atomic E-state index is -0.229. The summed E-state index contributed by atoms with van der Waals surface area (Å²) >= 11 is 0. The molecule has 3 nitrogen and oxygen atoms in total. The predicted octanol–water partition coefficient (Wildman–Crippen LogP) is 4.11. The third kappa shape index (κ3) is 3.00. The zero-order valence-corrected chi connectivity index (χ0v) is 11.5. The lowest BCUT2D eigenvalue weighted by Crippen LogP contribution is -2.12. The van der Waals surface area contributed by atoms with Gasteiger partial charge in [0.1, 0.15) is 12.4 Å². The summed E-state index contributed by atoms with van der Waals surface area (Å²) in [4.78, 5) is 0. The van der Waals surface area contributed by atoms with Crippen molar-refractivity contribution in [1.29, 1.82) is 0 Å². The smallest absolute Gasteiger partial charge is 0.157 e. The summed E-state index contributed by atoms with van der Waals surface area (Å²) in [6.45, 7) is 0.239. The fraction of sp³-hybridized carbons (Fsp3) is 0.438. The van der Waals surface area contributed by atoms with Gasteiger partial charge in [0.15, 0.2) is 5.75 Å². The average Bonchev–Trinajstić information content (AvgIpc) is 2.96. The van der Waals surface area contributed by atoms with Crippen LogP contribution in [0.4, 0.5) is 4.39 Å². The van der Waals surface area contributed by atoms with E-state index in [0.29, 0.717) is 17.4 Å². The van der Waals surface area contributed by atoms with E-state index in [0.717, 1.165) is 0 Å². The van der Waals surface area contributed by atoms with E-state index < -0.39 is 0 Å². The summed E-state index contributed by atoms with van der Waals surface area (Å²) in [6, 6.07) is 7.17. The molecule has 1 fully saturated rings. The molecule has 0 spiro atoms. The lowest BCUT2D eigenvalue weighted by atomic mass is 9.96. The molecule has 0 atom stereocenters. The Morgan fingerprint density at radius 1 is 1.20 bits per heavy atom.